The standard InChI is InChI=1S/C10H12NO3S/c1-12-8-4-7(11-6-15)5-9(13-2)10(8)14-3/h4-5H,1-3H3,(H,11,15). The number of hydrogen-bond acceptors (Lipinski definition) is 4. The van der Waals surface area contributed by atoms with E-state index in [9.17, 15) is 0 Å². The van der Waals surface area contributed by atoms with Crippen LogP contribution < -0.4 is 19.5 Å². The van der Waals surface area contributed by atoms with Crippen LogP contribution in [0.15, 0.2) is 12.1 Å². The van der Waals surface area contributed by atoms with Gasteiger partial charge in [0, 0.05) is 17.8 Å². The van der Waals surface area contributed by atoms with Crippen molar-refractivity contribution in [3.8, 4) is 17.2 Å². The molecule has 0 bridgehead atoms. The molecule has 0 aliphatic carbocycles. The van der Waals surface area contributed by atoms with Gasteiger partial charge in [-0.1, -0.05) is 12.2 Å². The predicted octanol–water partition coefficient (Wildman–Crippen LogP) is 1.96. The minimum atomic E-state index is 0.551. The molecule has 0 heterocycles. The Labute approximate surface area is 94.1 Å². The first-order chi connectivity index (χ1) is 7.26. The first-order valence-electron chi connectivity index (χ1n) is 4.20. The zero-order valence-electron chi connectivity index (χ0n) is 8.79. The fourth-order valence-corrected chi connectivity index (χ4v) is 1.33. The van der Waals surface area contributed by atoms with Crippen LogP contribution in [0.4, 0.5) is 5.69 Å². The summed E-state index contributed by atoms with van der Waals surface area (Å²) in [5.41, 5.74) is 3.14. The largest absolute Gasteiger partial charge is 0.493 e. The second-order valence-electron chi connectivity index (χ2n) is 2.64. The number of nitrogens with one attached hydrogen (secondary N) is 1. The van der Waals surface area contributed by atoms with E-state index in [0.717, 1.165) is 5.69 Å². The smallest absolute Gasteiger partial charge is 0.203 e. The average Bonchev–Trinajstić information content (AvgIpc) is 2.28. The summed E-state index contributed by atoms with van der Waals surface area (Å²) >= 11 is 4.58. The Morgan fingerprint density at radius 1 is 1.07 bits per heavy atom. The number of ether oxygens (including phenoxy) is 3. The van der Waals surface area contributed by atoms with Crippen molar-refractivity contribution >= 4 is 23.4 Å². The van der Waals surface area contributed by atoms with E-state index in [-0.39, 0.29) is 0 Å². The molecule has 1 aromatic carbocycles. The van der Waals surface area contributed by atoms with E-state index < -0.39 is 0 Å². The molecule has 0 atom stereocenters. The van der Waals surface area contributed by atoms with Gasteiger partial charge in [-0.05, 0) is 0 Å². The normalized spacial score (nSPS) is 9.27. The minimum absolute atomic E-state index is 0.551. The van der Waals surface area contributed by atoms with Crippen molar-refractivity contribution in [3.63, 3.8) is 0 Å². The van der Waals surface area contributed by atoms with Gasteiger partial charge in [-0.25, -0.2) is 0 Å². The molecule has 0 spiro atoms. The zero-order chi connectivity index (χ0) is 11.3. The third kappa shape index (κ3) is 2.50. The van der Waals surface area contributed by atoms with E-state index in [2.05, 4.69) is 23.0 Å². The van der Waals surface area contributed by atoms with Crippen molar-refractivity contribution < 1.29 is 14.2 Å². The number of anilines is 1. The van der Waals surface area contributed by atoms with Gasteiger partial charge in [-0.2, -0.15) is 0 Å². The van der Waals surface area contributed by atoms with Gasteiger partial charge < -0.3 is 19.5 Å². The summed E-state index contributed by atoms with van der Waals surface area (Å²) in [5.74, 6) is 1.70. The Morgan fingerprint density at radius 3 is 1.93 bits per heavy atom. The molecule has 1 radical (unpaired) electrons. The maximum absolute atomic E-state index is 5.17. The quantitative estimate of drug-likeness (QED) is 0.614. The molecular formula is C10H12NO3S. The molecule has 0 amide bonds. The summed E-state index contributed by atoms with van der Waals surface area (Å²) in [7, 11) is 4.67. The molecule has 0 aliphatic rings. The molecule has 1 N–H and O–H groups in total. The van der Waals surface area contributed by atoms with E-state index in [1.54, 1.807) is 33.5 Å². The summed E-state index contributed by atoms with van der Waals surface area (Å²) in [6.45, 7) is 0. The second kappa shape index (κ2) is 5.41. The zero-order valence-corrected chi connectivity index (χ0v) is 9.60. The first-order valence-corrected chi connectivity index (χ1v) is 4.60. The van der Waals surface area contributed by atoms with E-state index in [0.29, 0.717) is 17.2 Å². The van der Waals surface area contributed by atoms with Crippen molar-refractivity contribution in [2.45, 2.75) is 0 Å². The average molecular weight is 226 g/mol. The first kappa shape index (κ1) is 11.6. The van der Waals surface area contributed by atoms with Crippen LogP contribution in [-0.2, 0) is 0 Å². The SMILES string of the molecule is COc1cc(N[C]=S)cc(OC)c1OC. The summed E-state index contributed by atoms with van der Waals surface area (Å²) in [6, 6.07) is 3.50. The van der Waals surface area contributed by atoms with Crippen LogP contribution in [-0.4, -0.2) is 26.8 Å². The minimum Gasteiger partial charge on any atom is -0.493 e. The van der Waals surface area contributed by atoms with Gasteiger partial charge in [0.25, 0.3) is 0 Å². The second-order valence-corrected chi connectivity index (χ2v) is 2.85. The lowest BCUT2D eigenvalue weighted by Crippen LogP contribution is -1.98. The lowest BCUT2D eigenvalue weighted by Gasteiger charge is -2.13. The molecule has 5 heteroatoms. The molecule has 1 rings (SSSR count). The van der Waals surface area contributed by atoms with Crippen molar-refractivity contribution in [2.24, 2.45) is 0 Å². The predicted molar refractivity (Wildman–Crippen MR) is 62.3 cm³/mol. The maximum Gasteiger partial charge on any atom is 0.203 e. The van der Waals surface area contributed by atoms with Gasteiger partial charge in [0.2, 0.25) is 5.75 Å². The molecule has 1 aromatic rings. The molecule has 15 heavy (non-hydrogen) atoms. The van der Waals surface area contributed by atoms with E-state index in [4.69, 9.17) is 14.2 Å². The monoisotopic (exact) mass is 226 g/mol. The fourth-order valence-electron chi connectivity index (χ4n) is 1.21. The molecule has 0 aromatic heterocycles. The van der Waals surface area contributed by atoms with Gasteiger partial charge in [0.15, 0.2) is 11.5 Å². The van der Waals surface area contributed by atoms with Crippen molar-refractivity contribution in [3.05, 3.63) is 12.1 Å². The van der Waals surface area contributed by atoms with Crippen LogP contribution in [0.3, 0.4) is 0 Å². The van der Waals surface area contributed by atoms with Crippen molar-refractivity contribution in [1.29, 1.82) is 0 Å². The van der Waals surface area contributed by atoms with Gasteiger partial charge >= 0.3 is 0 Å². The van der Waals surface area contributed by atoms with Crippen LogP contribution in [0.25, 0.3) is 0 Å². The Kier molecular flexibility index (Phi) is 4.17. The van der Waals surface area contributed by atoms with Gasteiger partial charge in [-0.15, -0.1) is 0 Å². The molecule has 81 valence electrons. The van der Waals surface area contributed by atoms with Crippen LogP contribution in [0.5, 0.6) is 17.2 Å². The number of rotatable bonds is 5. The van der Waals surface area contributed by atoms with Crippen LogP contribution in [0.1, 0.15) is 0 Å². The molecule has 0 unspecified atom stereocenters. The summed E-state index contributed by atoms with van der Waals surface area (Å²) in [5, 5.41) is 2.76. The molecule has 4 nitrogen and oxygen atoms in total. The highest BCUT2D eigenvalue weighted by Crippen LogP contribution is 2.39. The third-order valence-electron chi connectivity index (χ3n) is 1.86. The number of hydrogen-bond donors (Lipinski definition) is 1. The van der Waals surface area contributed by atoms with Gasteiger partial charge in [0.05, 0.1) is 21.3 Å². The highest BCUT2D eigenvalue weighted by atomic mass is 32.1. The summed E-state index contributed by atoms with van der Waals surface area (Å²) in [6.07, 6.45) is 0. The summed E-state index contributed by atoms with van der Waals surface area (Å²) in [4.78, 5) is 0. The van der Waals surface area contributed by atoms with Crippen molar-refractivity contribution in [2.75, 3.05) is 26.6 Å². The molecule has 0 saturated heterocycles. The molecule has 0 fully saturated rings. The van der Waals surface area contributed by atoms with Crippen LogP contribution >= 0.6 is 12.2 Å². The van der Waals surface area contributed by atoms with Crippen LogP contribution in [0.2, 0.25) is 0 Å². The molecule has 0 saturated carbocycles. The Hall–Kier alpha value is -1.49. The molecule has 0 aliphatic heterocycles. The highest BCUT2D eigenvalue weighted by molar-refractivity contribution is 7.79. The fraction of sp³-hybridized carbons (Fsp3) is 0.300. The van der Waals surface area contributed by atoms with Crippen molar-refractivity contribution in [1.82, 2.24) is 0 Å². The maximum atomic E-state index is 5.17. The van der Waals surface area contributed by atoms with Gasteiger partial charge in [-0.3, -0.25) is 0 Å². The number of methoxy groups -OCH3 is 3. The Bertz CT molecular complexity index is 330. The highest BCUT2D eigenvalue weighted by Gasteiger charge is 2.12. The molecular weight excluding hydrogens is 214 g/mol. The van der Waals surface area contributed by atoms with E-state index in [1.807, 2.05) is 0 Å². The topological polar surface area (TPSA) is 39.7 Å². The van der Waals surface area contributed by atoms with E-state index >= 15 is 0 Å². The lowest BCUT2D eigenvalue weighted by molar-refractivity contribution is 0.325. The van der Waals surface area contributed by atoms with Gasteiger partial charge in [0.1, 0.15) is 5.49 Å². The number of benzene rings is 1. The third-order valence-corrected chi connectivity index (χ3v) is 1.96. The number of thiocarbonyl (C=S) groups is 1. The lowest BCUT2D eigenvalue weighted by atomic mass is 10.2. The summed E-state index contributed by atoms with van der Waals surface area (Å²) < 4.78 is 15.5. The van der Waals surface area contributed by atoms with Crippen LogP contribution in [0, 0.1) is 0 Å². The Morgan fingerprint density at radius 2 is 1.60 bits per heavy atom. The Balaban J connectivity index is 3.22. The van der Waals surface area contributed by atoms with E-state index in [1.165, 1.54) is 0 Å².